The van der Waals surface area contributed by atoms with E-state index in [4.69, 9.17) is 5.73 Å². The molecule has 0 radical (unpaired) electrons. The molecule has 3 aromatic rings. The molecule has 3 heterocycles. The van der Waals surface area contributed by atoms with Crippen LogP contribution in [0.25, 0.3) is 10.6 Å². The maximum atomic E-state index is 14.1. The number of hydrogen-bond acceptors (Lipinski definition) is 7. The Balaban J connectivity index is 1.58. The molecule has 1 aliphatic heterocycles. The Bertz CT molecular complexity index is 1110. The van der Waals surface area contributed by atoms with Crippen LogP contribution in [0.5, 0.6) is 0 Å². The van der Waals surface area contributed by atoms with Crippen LogP contribution in [0.15, 0.2) is 24.4 Å². The second kappa shape index (κ2) is 9.21. The molecule has 11 heteroatoms. The topological polar surface area (TPSA) is 101 Å². The van der Waals surface area contributed by atoms with Gasteiger partial charge in [-0.3, -0.25) is 9.48 Å². The quantitative estimate of drug-likeness (QED) is 0.539. The van der Waals surface area contributed by atoms with E-state index >= 15 is 0 Å². The number of aryl methyl sites for hydroxylation is 1. The van der Waals surface area contributed by atoms with Crippen LogP contribution in [-0.4, -0.2) is 46.9 Å². The molecule has 8 nitrogen and oxygen atoms in total. The summed E-state index contributed by atoms with van der Waals surface area (Å²) in [5.41, 5.74) is 6.14. The van der Waals surface area contributed by atoms with Gasteiger partial charge in [-0.1, -0.05) is 17.4 Å². The number of benzene rings is 1. The van der Waals surface area contributed by atoms with Crippen LogP contribution in [-0.2, 0) is 7.05 Å². The first kappa shape index (κ1) is 22.2. The number of nitrogens with one attached hydrogen (secondary N) is 2. The van der Waals surface area contributed by atoms with Gasteiger partial charge in [0, 0.05) is 26.2 Å². The Morgan fingerprint density at radius 1 is 1.25 bits per heavy atom. The van der Waals surface area contributed by atoms with Gasteiger partial charge in [0.25, 0.3) is 5.91 Å². The molecular formula is C21H25F2N7OS. The fraction of sp³-hybridized carbons (Fsp3) is 0.381. The number of thiazole rings is 1. The molecule has 2 aromatic heterocycles. The smallest absolute Gasteiger partial charge is 0.277 e. The summed E-state index contributed by atoms with van der Waals surface area (Å²) in [7, 11) is 3.79. The highest BCUT2D eigenvalue weighted by Gasteiger charge is 2.25. The third kappa shape index (κ3) is 4.30. The fourth-order valence-corrected chi connectivity index (χ4v) is 4.85. The first-order chi connectivity index (χ1) is 15.4. The van der Waals surface area contributed by atoms with Crippen LogP contribution in [0, 0.1) is 11.6 Å². The second-order valence-electron chi connectivity index (χ2n) is 7.69. The normalized spacial score (nSPS) is 16.8. The number of aromatic nitrogens is 3. The van der Waals surface area contributed by atoms with Gasteiger partial charge in [0.2, 0.25) is 0 Å². The lowest BCUT2D eigenvalue weighted by molar-refractivity contribution is 0.102. The lowest BCUT2D eigenvalue weighted by Crippen LogP contribution is -2.30. The predicted molar refractivity (Wildman–Crippen MR) is 122 cm³/mol. The number of halogens is 2. The zero-order valence-electron chi connectivity index (χ0n) is 17.9. The van der Waals surface area contributed by atoms with E-state index in [0.717, 1.165) is 61.6 Å². The average Bonchev–Trinajstić information content (AvgIpc) is 3.21. The third-order valence-corrected chi connectivity index (χ3v) is 6.54. The first-order valence-electron chi connectivity index (χ1n) is 10.3. The molecule has 1 atom stereocenters. The van der Waals surface area contributed by atoms with Gasteiger partial charge in [-0.25, -0.2) is 13.8 Å². The number of carbonyl (C=O) groups excluding carboxylic acids is 1. The van der Waals surface area contributed by atoms with Gasteiger partial charge in [0.05, 0.1) is 11.8 Å². The summed E-state index contributed by atoms with van der Waals surface area (Å²) in [5, 5.41) is 10.5. The van der Waals surface area contributed by atoms with Gasteiger partial charge in [0.15, 0.2) is 11.5 Å². The van der Waals surface area contributed by atoms with Crippen molar-refractivity contribution in [3.63, 3.8) is 0 Å². The number of nitrogens with zero attached hydrogens (tertiary/aromatic N) is 4. The molecule has 170 valence electrons. The van der Waals surface area contributed by atoms with E-state index in [0.29, 0.717) is 11.7 Å². The largest absolute Gasteiger partial charge is 0.389 e. The molecular weight excluding hydrogens is 436 g/mol. The highest BCUT2D eigenvalue weighted by Crippen LogP contribution is 2.34. The summed E-state index contributed by atoms with van der Waals surface area (Å²) >= 11 is 0.865. The zero-order chi connectivity index (χ0) is 22.8. The summed E-state index contributed by atoms with van der Waals surface area (Å²) in [6, 6.07) is 4.00. The van der Waals surface area contributed by atoms with E-state index in [-0.39, 0.29) is 21.3 Å². The lowest BCUT2D eigenvalue weighted by Gasteiger charge is -2.24. The summed E-state index contributed by atoms with van der Waals surface area (Å²) < 4.78 is 30.0. The number of anilines is 3. The van der Waals surface area contributed by atoms with Gasteiger partial charge in [-0.2, -0.15) is 5.10 Å². The van der Waals surface area contributed by atoms with E-state index in [2.05, 4.69) is 25.6 Å². The second-order valence-corrected chi connectivity index (χ2v) is 8.72. The number of nitrogen functional groups attached to an aromatic ring is 1. The van der Waals surface area contributed by atoms with Gasteiger partial charge in [0.1, 0.15) is 27.3 Å². The number of rotatable bonds is 5. The van der Waals surface area contributed by atoms with Crippen LogP contribution in [0.1, 0.15) is 29.8 Å². The summed E-state index contributed by atoms with van der Waals surface area (Å²) in [5.74, 6) is -1.29. The lowest BCUT2D eigenvalue weighted by atomic mass is 10.1. The highest BCUT2D eigenvalue weighted by molar-refractivity contribution is 7.19. The molecule has 1 aliphatic rings. The van der Waals surface area contributed by atoms with E-state index in [9.17, 15) is 13.6 Å². The Morgan fingerprint density at radius 3 is 2.72 bits per heavy atom. The molecule has 1 amide bonds. The molecule has 0 unspecified atom stereocenters. The van der Waals surface area contributed by atoms with Gasteiger partial charge in [-0.05, 0) is 38.4 Å². The van der Waals surface area contributed by atoms with Crippen molar-refractivity contribution in [1.82, 2.24) is 20.1 Å². The molecule has 4 rings (SSSR count). The van der Waals surface area contributed by atoms with Crippen molar-refractivity contribution in [3.05, 3.63) is 41.7 Å². The molecule has 1 fully saturated rings. The number of hydrogen-bond donors (Lipinski definition) is 3. The van der Waals surface area contributed by atoms with E-state index < -0.39 is 17.5 Å². The van der Waals surface area contributed by atoms with Crippen molar-refractivity contribution in [1.29, 1.82) is 0 Å². The van der Waals surface area contributed by atoms with Crippen molar-refractivity contribution >= 4 is 33.8 Å². The Labute approximate surface area is 188 Å². The molecule has 4 N–H and O–H groups in total. The summed E-state index contributed by atoms with van der Waals surface area (Å²) in [4.78, 5) is 19.3. The molecule has 32 heavy (non-hydrogen) atoms. The predicted octanol–water partition coefficient (Wildman–Crippen LogP) is 3.23. The zero-order valence-corrected chi connectivity index (χ0v) is 18.7. The van der Waals surface area contributed by atoms with Crippen molar-refractivity contribution in [2.45, 2.75) is 25.3 Å². The minimum absolute atomic E-state index is 0.0142. The summed E-state index contributed by atoms with van der Waals surface area (Å²) in [6.07, 6.45) is 4.65. The SMILES string of the molecule is CN[C@H]1CCCN(c2c(NC(=O)c3nc(-c4c(F)cccc4F)sc3N)cnn2C)CC1. The molecule has 1 aromatic carbocycles. The van der Waals surface area contributed by atoms with Crippen LogP contribution >= 0.6 is 11.3 Å². The molecule has 0 spiro atoms. The fourth-order valence-electron chi connectivity index (χ4n) is 3.98. The van der Waals surface area contributed by atoms with Crippen molar-refractivity contribution in [3.8, 4) is 10.6 Å². The minimum Gasteiger partial charge on any atom is -0.389 e. The van der Waals surface area contributed by atoms with E-state index in [1.807, 2.05) is 14.1 Å². The van der Waals surface area contributed by atoms with Crippen molar-refractivity contribution in [2.75, 3.05) is 36.1 Å². The van der Waals surface area contributed by atoms with Crippen LogP contribution in [0.3, 0.4) is 0 Å². The maximum Gasteiger partial charge on any atom is 0.277 e. The van der Waals surface area contributed by atoms with Crippen LogP contribution in [0.4, 0.5) is 25.3 Å². The Morgan fingerprint density at radius 2 is 2.00 bits per heavy atom. The van der Waals surface area contributed by atoms with Crippen molar-refractivity contribution in [2.24, 2.45) is 7.05 Å². The van der Waals surface area contributed by atoms with Gasteiger partial charge in [-0.15, -0.1) is 0 Å². The first-order valence-corrected chi connectivity index (χ1v) is 11.2. The van der Waals surface area contributed by atoms with E-state index in [1.54, 1.807) is 10.9 Å². The average molecular weight is 462 g/mol. The maximum absolute atomic E-state index is 14.1. The summed E-state index contributed by atoms with van der Waals surface area (Å²) in [6.45, 7) is 1.67. The van der Waals surface area contributed by atoms with Crippen LogP contribution in [0.2, 0.25) is 0 Å². The van der Waals surface area contributed by atoms with Crippen LogP contribution < -0.4 is 21.3 Å². The Hall–Kier alpha value is -3.05. The number of amides is 1. The highest BCUT2D eigenvalue weighted by atomic mass is 32.1. The molecule has 0 bridgehead atoms. The minimum atomic E-state index is -0.763. The monoisotopic (exact) mass is 461 g/mol. The number of carbonyl (C=O) groups is 1. The van der Waals surface area contributed by atoms with Gasteiger partial charge < -0.3 is 21.3 Å². The van der Waals surface area contributed by atoms with Gasteiger partial charge >= 0.3 is 0 Å². The number of nitrogens with two attached hydrogens (primary N) is 1. The van der Waals surface area contributed by atoms with Crippen molar-refractivity contribution < 1.29 is 13.6 Å². The Kier molecular flexibility index (Phi) is 6.38. The van der Waals surface area contributed by atoms with E-state index in [1.165, 1.54) is 6.07 Å². The third-order valence-electron chi connectivity index (χ3n) is 5.64. The molecule has 0 saturated carbocycles. The molecule has 0 aliphatic carbocycles. The standard InChI is InChI=1S/C21H25F2N7OS/c1-25-12-5-4-9-30(10-8-12)21-15(11-26-29(21)2)27-19(31)17-18(24)32-20(28-17)16-13(22)6-3-7-14(16)23/h3,6-7,11-12,25H,4-5,8-10,24H2,1-2H3,(H,27,31)/t12-/m0/s1. The molecule has 1 saturated heterocycles.